The molecule has 1 N–H and O–H groups in total. The lowest BCUT2D eigenvalue weighted by Gasteiger charge is -2.02. The lowest BCUT2D eigenvalue weighted by Crippen LogP contribution is -2.03. The molecule has 0 bridgehead atoms. The first-order chi connectivity index (χ1) is 7.34. The first kappa shape index (κ1) is 12.5. The van der Waals surface area contributed by atoms with E-state index in [1.807, 2.05) is 0 Å². The standard InChI is InChI=1S/C10H6BrCl3O2/c11-5-1-4(2-6(12)3-5)7-8(9(15)16)10(7,13)14/h1-3,7-8H,(H,15,16)/t7-,8+/m1/s1. The molecule has 2 atom stereocenters. The van der Waals surface area contributed by atoms with Crippen molar-refractivity contribution in [3.05, 3.63) is 33.3 Å². The minimum atomic E-state index is -1.24. The maximum absolute atomic E-state index is 10.9. The van der Waals surface area contributed by atoms with Crippen LogP contribution in [-0.4, -0.2) is 15.4 Å². The molecule has 1 aromatic rings. The maximum Gasteiger partial charge on any atom is 0.310 e. The Kier molecular flexibility index (Phi) is 3.17. The molecule has 0 heterocycles. The largest absolute Gasteiger partial charge is 0.481 e. The second kappa shape index (κ2) is 4.05. The van der Waals surface area contributed by atoms with Crippen LogP contribution in [0.5, 0.6) is 0 Å². The first-order valence-corrected chi connectivity index (χ1v) is 6.33. The number of hydrogen-bond acceptors (Lipinski definition) is 1. The van der Waals surface area contributed by atoms with Crippen molar-refractivity contribution in [2.24, 2.45) is 5.92 Å². The van der Waals surface area contributed by atoms with Gasteiger partial charge in [-0.2, -0.15) is 0 Å². The van der Waals surface area contributed by atoms with E-state index in [1.165, 1.54) is 0 Å². The highest BCUT2D eigenvalue weighted by Gasteiger charge is 2.68. The molecule has 16 heavy (non-hydrogen) atoms. The molecule has 1 fully saturated rings. The van der Waals surface area contributed by atoms with Crippen molar-refractivity contribution in [3.8, 4) is 0 Å². The molecule has 0 unspecified atom stereocenters. The van der Waals surface area contributed by atoms with E-state index in [-0.39, 0.29) is 0 Å². The van der Waals surface area contributed by atoms with Gasteiger partial charge in [0.15, 0.2) is 0 Å². The molecule has 6 heteroatoms. The normalized spacial score (nSPS) is 26.5. The van der Waals surface area contributed by atoms with Crippen LogP contribution in [0.15, 0.2) is 22.7 Å². The van der Waals surface area contributed by atoms with Gasteiger partial charge in [-0.3, -0.25) is 4.79 Å². The van der Waals surface area contributed by atoms with Gasteiger partial charge < -0.3 is 5.11 Å². The minimum Gasteiger partial charge on any atom is -0.481 e. The topological polar surface area (TPSA) is 37.3 Å². The van der Waals surface area contributed by atoms with E-state index < -0.39 is 22.1 Å². The number of hydrogen-bond donors (Lipinski definition) is 1. The average Bonchev–Trinajstić information content (AvgIpc) is 2.67. The van der Waals surface area contributed by atoms with Crippen molar-refractivity contribution in [2.45, 2.75) is 10.3 Å². The van der Waals surface area contributed by atoms with E-state index in [2.05, 4.69) is 15.9 Å². The number of halogens is 4. The number of alkyl halides is 2. The van der Waals surface area contributed by atoms with Crippen LogP contribution < -0.4 is 0 Å². The lowest BCUT2D eigenvalue weighted by atomic mass is 10.1. The summed E-state index contributed by atoms with van der Waals surface area (Å²) in [5.74, 6) is -2.18. The van der Waals surface area contributed by atoms with Crippen LogP contribution in [0.25, 0.3) is 0 Å². The molecule has 86 valence electrons. The van der Waals surface area contributed by atoms with Gasteiger partial charge in [0, 0.05) is 15.4 Å². The van der Waals surface area contributed by atoms with Crippen LogP contribution in [0.4, 0.5) is 0 Å². The number of carboxylic acid groups (broad SMARTS) is 1. The van der Waals surface area contributed by atoms with Crippen LogP contribution in [0.2, 0.25) is 5.02 Å². The molecule has 1 saturated carbocycles. The summed E-state index contributed by atoms with van der Waals surface area (Å²) in [4.78, 5) is 10.9. The van der Waals surface area contributed by atoms with E-state index in [4.69, 9.17) is 39.9 Å². The Balaban J connectivity index is 2.37. The molecule has 0 amide bonds. The van der Waals surface area contributed by atoms with Crippen LogP contribution in [0, 0.1) is 5.92 Å². The van der Waals surface area contributed by atoms with Crippen LogP contribution in [-0.2, 0) is 4.79 Å². The summed E-state index contributed by atoms with van der Waals surface area (Å²) in [7, 11) is 0. The summed E-state index contributed by atoms with van der Waals surface area (Å²) >= 11 is 21.0. The SMILES string of the molecule is O=C(O)[C@@H]1[C@@H](c2cc(Cl)cc(Br)c2)C1(Cl)Cl. The van der Waals surface area contributed by atoms with Crippen molar-refractivity contribution in [2.75, 3.05) is 0 Å². The highest BCUT2D eigenvalue weighted by Crippen LogP contribution is 2.65. The highest BCUT2D eigenvalue weighted by molar-refractivity contribution is 9.10. The molecule has 2 nitrogen and oxygen atoms in total. The Morgan fingerprint density at radius 3 is 2.44 bits per heavy atom. The number of carbonyl (C=O) groups is 1. The van der Waals surface area contributed by atoms with E-state index >= 15 is 0 Å². The van der Waals surface area contributed by atoms with Gasteiger partial charge in [0.1, 0.15) is 4.33 Å². The highest BCUT2D eigenvalue weighted by atomic mass is 79.9. The van der Waals surface area contributed by atoms with Gasteiger partial charge in [-0.05, 0) is 23.8 Å². The summed E-state index contributed by atoms with van der Waals surface area (Å²) in [6.45, 7) is 0. The first-order valence-electron chi connectivity index (χ1n) is 4.40. The zero-order valence-corrected chi connectivity index (χ0v) is 11.6. The molecule has 1 aliphatic carbocycles. The molecule has 1 aliphatic rings. The van der Waals surface area contributed by atoms with Crippen molar-refractivity contribution in [3.63, 3.8) is 0 Å². The van der Waals surface area contributed by atoms with Gasteiger partial charge in [0.05, 0.1) is 5.92 Å². The summed E-state index contributed by atoms with van der Waals surface area (Å²) in [5.41, 5.74) is 0.733. The third kappa shape index (κ3) is 2.06. The van der Waals surface area contributed by atoms with Crippen molar-refractivity contribution < 1.29 is 9.90 Å². The molecule has 0 radical (unpaired) electrons. The van der Waals surface area contributed by atoms with Gasteiger partial charge in [0.2, 0.25) is 0 Å². The Labute approximate surface area is 116 Å². The molecule has 0 saturated heterocycles. The van der Waals surface area contributed by atoms with Crippen molar-refractivity contribution >= 4 is 56.7 Å². The summed E-state index contributed by atoms with van der Waals surface area (Å²) in [6.07, 6.45) is 0. The molecule has 2 rings (SSSR count). The van der Waals surface area contributed by atoms with Crippen LogP contribution in [0.1, 0.15) is 11.5 Å². The van der Waals surface area contributed by atoms with Gasteiger partial charge in [-0.15, -0.1) is 0 Å². The molecule has 0 aliphatic heterocycles. The molecule has 0 aromatic heterocycles. The zero-order chi connectivity index (χ0) is 12.1. The quantitative estimate of drug-likeness (QED) is 0.821. The van der Waals surface area contributed by atoms with Gasteiger partial charge in [-0.25, -0.2) is 0 Å². The summed E-state index contributed by atoms with van der Waals surface area (Å²) in [5, 5.41) is 9.46. The van der Waals surface area contributed by atoms with E-state index in [9.17, 15) is 4.79 Å². The third-order valence-electron chi connectivity index (χ3n) is 2.56. The second-order valence-electron chi connectivity index (χ2n) is 3.67. The minimum absolute atomic E-state index is 0.414. The third-order valence-corrected chi connectivity index (χ3v) is 4.18. The Hall–Kier alpha value is 0.0400. The van der Waals surface area contributed by atoms with Crippen LogP contribution >= 0.6 is 50.7 Å². The summed E-state index contributed by atoms with van der Waals surface area (Å²) in [6, 6.07) is 5.17. The number of carboxylic acids is 1. The van der Waals surface area contributed by atoms with Gasteiger partial charge in [-0.1, -0.05) is 50.7 Å². The second-order valence-corrected chi connectivity index (χ2v) is 6.47. The zero-order valence-electron chi connectivity index (χ0n) is 7.75. The molecule has 1 aromatic carbocycles. The predicted octanol–water partition coefficient (Wildman–Crippen LogP) is 4.07. The van der Waals surface area contributed by atoms with E-state index in [1.54, 1.807) is 18.2 Å². The van der Waals surface area contributed by atoms with E-state index in [0.717, 1.165) is 10.0 Å². The molecule has 0 spiro atoms. The Bertz CT molecular complexity index is 441. The summed E-state index contributed by atoms with van der Waals surface area (Å²) < 4.78 is -0.467. The fourth-order valence-electron chi connectivity index (χ4n) is 1.80. The smallest absolute Gasteiger partial charge is 0.310 e. The number of benzene rings is 1. The Morgan fingerprint density at radius 2 is 2.00 bits per heavy atom. The number of rotatable bonds is 2. The predicted molar refractivity (Wildman–Crippen MR) is 67.5 cm³/mol. The van der Waals surface area contributed by atoms with Gasteiger partial charge in [0.25, 0.3) is 0 Å². The molecular formula is C10H6BrCl3O2. The lowest BCUT2D eigenvalue weighted by molar-refractivity contribution is -0.138. The molecular weight excluding hydrogens is 338 g/mol. The van der Waals surface area contributed by atoms with E-state index in [0.29, 0.717) is 5.02 Å². The monoisotopic (exact) mass is 342 g/mol. The number of aliphatic carboxylic acids is 1. The fraction of sp³-hybridized carbons (Fsp3) is 0.300. The Morgan fingerprint density at radius 1 is 1.38 bits per heavy atom. The maximum atomic E-state index is 10.9. The average molecular weight is 344 g/mol. The van der Waals surface area contributed by atoms with Crippen molar-refractivity contribution in [1.82, 2.24) is 0 Å². The van der Waals surface area contributed by atoms with Crippen molar-refractivity contribution in [1.29, 1.82) is 0 Å². The van der Waals surface area contributed by atoms with Crippen LogP contribution in [0.3, 0.4) is 0 Å². The fourth-order valence-corrected chi connectivity index (χ4v) is 3.51. The van der Waals surface area contributed by atoms with Gasteiger partial charge >= 0.3 is 5.97 Å².